The molecular formula is C19H24N2O5. The van der Waals surface area contributed by atoms with Gasteiger partial charge in [0.05, 0.1) is 12.2 Å². The lowest BCUT2D eigenvalue weighted by Crippen LogP contribution is -2.32. The van der Waals surface area contributed by atoms with Crippen LogP contribution in [0.25, 0.3) is 0 Å². The predicted octanol–water partition coefficient (Wildman–Crippen LogP) is 2.49. The van der Waals surface area contributed by atoms with Crippen molar-refractivity contribution in [1.29, 1.82) is 0 Å². The molecule has 2 rings (SSSR count). The zero-order valence-electron chi connectivity index (χ0n) is 15.3. The lowest BCUT2D eigenvalue weighted by atomic mass is 9.76. The van der Waals surface area contributed by atoms with E-state index in [0.717, 1.165) is 0 Å². The van der Waals surface area contributed by atoms with Gasteiger partial charge in [0.2, 0.25) is 0 Å². The molecule has 0 spiro atoms. The Hall–Kier alpha value is -2.70. The van der Waals surface area contributed by atoms with E-state index in [9.17, 15) is 14.4 Å². The van der Waals surface area contributed by atoms with Gasteiger partial charge in [-0.2, -0.15) is 5.10 Å². The van der Waals surface area contributed by atoms with Crippen molar-refractivity contribution >= 4 is 23.4 Å². The van der Waals surface area contributed by atoms with Crippen molar-refractivity contribution in [3.8, 4) is 5.75 Å². The van der Waals surface area contributed by atoms with Gasteiger partial charge in [0.25, 0.3) is 5.91 Å². The molecule has 1 aromatic carbocycles. The van der Waals surface area contributed by atoms with Crippen LogP contribution in [0.4, 0.5) is 0 Å². The smallest absolute Gasteiger partial charge is 0.338 e. The molecule has 1 aromatic rings. The number of Topliss-reactive ketones (excluding diaryl/α,β-unsaturated/α-hetero) is 1. The molecule has 1 aliphatic rings. The van der Waals surface area contributed by atoms with Crippen LogP contribution in [0.5, 0.6) is 5.75 Å². The first-order chi connectivity index (χ1) is 12.3. The maximum atomic E-state index is 11.9. The highest BCUT2D eigenvalue weighted by Crippen LogP contribution is 2.31. The Labute approximate surface area is 152 Å². The Morgan fingerprint density at radius 2 is 1.88 bits per heavy atom. The van der Waals surface area contributed by atoms with Crippen LogP contribution in [0.2, 0.25) is 0 Å². The fourth-order valence-electron chi connectivity index (χ4n) is 2.80. The summed E-state index contributed by atoms with van der Waals surface area (Å²) in [6, 6.07) is 6.32. The van der Waals surface area contributed by atoms with E-state index in [2.05, 4.69) is 10.5 Å². The molecule has 7 heteroatoms. The van der Waals surface area contributed by atoms with Crippen LogP contribution in [-0.4, -0.2) is 36.6 Å². The first kappa shape index (κ1) is 19.6. The van der Waals surface area contributed by atoms with Crippen LogP contribution in [0.1, 0.15) is 50.4 Å². The van der Waals surface area contributed by atoms with Crippen molar-refractivity contribution in [1.82, 2.24) is 5.43 Å². The van der Waals surface area contributed by atoms with E-state index >= 15 is 0 Å². The quantitative estimate of drug-likeness (QED) is 0.621. The number of nitrogens with zero attached hydrogens (tertiary/aromatic N) is 1. The van der Waals surface area contributed by atoms with E-state index in [1.54, 1.807) is 31.2 Å². The van der Waals surface area contributed by atoms with Gasteiger partial charge in [0.1, 0.15) is 11.5 Å². The lowest BCUT2D eigenvalue weighted by molar-refractivity contribution is -0.123. The molecule has 1 N–H and O–H groups in total. The number of hydrazone groups is 1. The number of amides is 1. The van der Waals surface area contributed by atoms with E-state index < -0.39 is 11.9 Å². The summed E-state index contributed by atoms with van der Waals surface area (Å²) in [4.78, 5) is 35.1. The number of esters is 1. The van der Waals surface area contributed by atoms with Gasteiger partial charge in [-0.1, -0.05) is 13.8 Å². The average Bonchev–Trinajstić information content (AvgIpc) is 2.57. The Kier molecular flexibility index (Phi) is 6.49. The highest BCUT2D eigenvalue weighted by atomic mass is 16.5. The molecular weight excluding hydrogens is 336 g/mol. The average molecular weight is 360 g/mol. The predicted molar refractivity (Wildman–Crippen MR) is 96.1 cm³/mol. The number of carbonyl (C=O) groups is 3. The summed E-state index contributed by atoms with van der Waals surface area (Å²) in [7, 11) is 0. The monoisotopic (exact) mass is 360 g/mol. The van der Waals surface area contributed by atoms with E-state index in [4.69, 9.17) is 9.47 Å². The Bertz CT molecular complexity index is 707. The summed E-state index contributed by atoms with van der Waals surface area (Å²) in [6.07, 6.45) is 1.49. The first-order valence-corrected chi connectivity index (χ1v) is 8.55. The molecule has 0 bridgehead atoms. The number of ketones is 1. The van der Waals surface area contributed by atoms with E-state index in [-0.39, 0.29) is 24.2 Å². The van der Waals surface area contributed by atoms with Gasteiger partial charge in [-0.15, -0.1) is 0 Å². The van der Waals surface area contributed by atoms with Crippen LogP contribution in [0, 0.1) is 5.41 Å². The molecule has 0 unspecified atom stereocenters. The standard InChI is InChI=1S/C19H24N2O5/c1-4-25-18(24)13-5-7-16(8-6-13)26-12-17(23)21-20-14-9-15(22)11-19(2,3)10-14/h5-8H,4,9-12H2,1-3H3,(H,21,23). The summed E-state index contributed by atoms with van der Waals surface area (Å²) in [5.74, 6) is -0.234. The van der Waals surface area contributed by atoms with Gasteiger partial charge in [0, 0.05) is 18.6 Å². The number of ether oxygens (including phenoxy) is 2. The second-order valence-electron chi connectivity index (χ2n) is 6.98. The third kappa shape index (κ3) is 5.98. The van der Waals surface area contributed by atoms with E-state index in [0.29, 0.717) is 36.5 Å². The SMILES string of the molecule is CCOC(=O)c1ccc(OCC(=O)NN=C2CC(=O)CC(C)(C)C2)cc1. The molecule has 0 saturated heterocycles. The van der Waals surface area contributed by atoms with Crippen molar-refractivity contribution in [2.75, 3.05) is 13.2 Å². The molecule has 0 atom stereocenters. The molecule has 0 radical (unpaired) electrons. The number of benzene rings is 1. The zero-order valence-corrected chi connectivity index (χ0v) is 15.3. The third-order valence-corrected chi connectivity index (χ3v) is 3.83. The zero-order chi connectivity index (χ0) is 19.2. The van der Waals surface area contributed by atoms with Gasteiger partial charge in [-0.3, -0.25) is 9.59 Å². The normalized spacial score (nSPS) is 17.7. The van der Waals surface area contributed by atoms with Crippen LogP contribution in [0.15, 0.2) is 29.4 Å². The fraction of sp³-hybridized carbons (Fsp3) is 0.474. The van der Waals surface area contributed by atoms with Crippen LogP contribution >= 0.6 is 0 Å². The minimum Gasteiger partial charge on any atom is -0.484 e. The van der Waals surface area contributed by atoms with Crippen molar-refractivity contribution in [3.05, 3.63) is 29.8 Å². The van der Waals surface area contributed by atoms with Gasteiger partial charge in [-0.05, 0) is 43.0 Å². The van der Waals surface area contributed by atoms with Crippen molar-refractivity contribution in [2.24, 2.45) is 10.5 Å². The van der Waals surface area contributed by atoms with Crippen LogP contribution in [0.3, 0.4) is 0 Å². The van der Waals surface area contributed by atoms with Crippen LogP contribution < -0.4 is 10.2 Å². The highest BCUT2D eigenvalue weighted by Gasteiger charge is 2.30. The molecule has 26 heavy (non-hydrogen) atoms. The second kappa shape index (κ2) is 8.60. The first-order valence-electron chi connectivity index (χ1n) is 8.55. The number of hydrogen-bond donors (Lipinski definition) is 1. The number of hydrogen-bond acceptors (Lipinski definition) is 6. The van der Waals surface area contributed by atoms with Gasteiger partial charge >= 0.3 is 5.97 Å². The van der Waals surface area contributed by atoms with E-state index in [1.165, 1.54) is 0 Å². The molecule has 1 saturated carbocycles. The van der Waals surface area contributed by atoms with Crippen molar-refractivity contribution in [3.63, 3.8) is 0 Å². The van der Waals surface area contributed by atoms with Gasteiger partial charge in [-0.25, -0.2) is 10.2 Å². The molecule has 0 heterocycles. The molecule has 0 aliphatic heterocycles. The topological polar surface area (TPSA) is 94.1 Å². The van der Waals surface area contributed by atoms with E-state index in [1.807, 2.05) is 13.8 Å². The van der Waals surface area contributed by atoms with Gasteiger partial charge < -0.3 is 9.47 Å². The number of nitrogens with one attached hydrogen (secondary N) is 1. The minimum atomic E-state index is -0.414. The third-order valence-electron chi connectivity index (χ3n) is 3.83. The Balaban J connectivity index is 1.82. The van der Waals surface area contributed by atoms with Crippen molar-refractivity contribution < 1.29 is 23.9 Å². The molecule has 1 fully saturated rings. The molecule has 1 aliphatic carbocycles. The second-order valence-corrected chi connectivity index (χ2v) is 6.98. The Morgan fingerprint density at radius 3 is 2.50 bits per heavy atom. The van der Waals surface area contributed by atoms with Crippen molar-refractivity contribution in [2.45, 2.75) is 40.0 Å². The Morgan fingerprint density at radius 1 is 1.19 bits per heavy atom. The summed E-state index contributed by atoms with van der Waals surface area (Å²) in [5, 5.41) is 4.05. The summed E-state index contributed by atoms with van der Waals surface area (Å²) >= 11 is 0. The fourth-order valence-corrected chi connectivity index (χ4v) is 2.80. The summed E-state index contributed by atoms with van der Waals surface area (Å²) in [5.41, 5.74) is 3.39. The van der Waals surface area contributed by atoms with Gasteiger partial charge in [0.15, 0.2) is 6.61 Å². The minimum absolute atomic E-state index is 0.129. The summed E-state index contributed by atoms with van der Waals surface area (Å²) in [6.45, 7) is 5.84. The van der Waals surface area contributed by atoms with Crippen LogP contribution in [-0.2, 0) is 14.3 Å². The summed E-state index contributed by atoms with van der Waals surface area (Å²) < 4.78 is 10.3. The molecule has 140 valence electrons. The maximum absolute atomic E-state index is 11.9. The molecule has 0 aromatic heterocycles. The highest BCUT2D eigenvalue weighted by molar-refractivity contribution is 6.05. The molecule has 7 nitrogen and oxygen atoms in total. The maximum Gasteiger partial charge on any atom is 0.338 e. The largest absolute Gasteiger partial charge is 0.484 e. The number of carbonyl (C=O) groups excluding carboxylic acids is 3. The lowest BCUT2D eigenvalue weighted by Gasteiger charge is -2.28. The number of rotatable bonds is 6. The molecule has 1 amide bonds.